The Labute approximate surface area is 150 Å². The Morgan fingerprint density at radius 2 is 1.72 bits per heavy atom. The van der Waals surface area contributed by atoms with Crippen molar-refractivity contribution < 1.29 is 5.11 Å². The molecule has 0 bridgehead atoms. The summed E-state index contributed by atoms with van der Waals surface area (Å²) in [5, 5.41) is 14.2. The summed E-state index contributed by atoms with van der Waals surface area (Å²) in [6.07, 6.45) is 0. The van der Waals surface area contributed by atoms with Gasteiger partial charge in [-0.15, -0.1) is 0 Å². The minimum atomic E-state index is 0.166. The first-order chi connectivity index (χ1) is 12.0. The molecule has 1 aromatic heterocycles. The van der Waals surface area contributed by atoms with E-state index in [9.17, 15) is 5.11 Å². The number of nitrogens with zero attached hydrogens (tertiary/aromatic N) is 2. The van der Waals surface area contributed by atoms with Crippen LogP contribution in [0.1, 0.15) is 25.6 Å². The summed E-state index contributed by atoms with van der Waals surface area (Å²) in [4.78, 5) is 9.45. The fourth-order valence-corrected chi connectivity index (χ4v) is 3.24. The third kappa shape index (κ3) is 2.71. The van der Waals surface area contributed by atoms with Gasteiger partial charge < -0.3 is 5.11 Å². The predicted molar refractivity (Wildman–Crippen MR) is 103 cm³/mol. The highest BCUT2D eigenvalue weighted by Crippen LogP contribution is 2.39. The summed E-state index contributed by atoms with van der Waals surface area (Å²) in [6.45, 7) is 4.11. The van der Waals surface area contributed by atoms with Gasteiger partial charge >= 0.3 is 0 Å². The summed E-state index contributed by atoms with van der Waals surface area (Å²) in [7, 11) is 0. The van der Waals surface area contributed by atoms with Crippen LogP contribution in [0.4, 0.5) is 0 Å². The average Bonchev–Trinajstić information content (AvgIpc) is 2.60. The van der Waals surface area contributed by atoms with E-state index in [1.165, 1.54) is 0 Å². The molecule has 1 heterocycles. The van der Waals surface area contributed by atoms with Gasteiger partial charge in [0.25, 0.3) is 0 Å². The average molecular weight is 349 g/mol. The van der Waals surface area contributed by atoms with E-state index in [4.69, 9.17) is 16.6 Å². The Morgan fingerprint density at radius 3 is 2.52 bits per heavy atom. The van der Waals surface area contributed by atoms with Gasteiger partial charge in [0.05, 0.1) is 16.8 Å². The van der Waals surface area contributed by atoms with Gasteiger partial charge in [-0.3, -0.25) is 0 Å². The number of fused-ring (bicyclic) bond motifs is 2. The van der Waals surface area contributed by atoms with Crippen LogP contribution in [0.5, 0.6) is 5.75 Å². The highest BCUT2D eigenvalue weighted by atomic mass is 35.5. The van der Waals surface area contributed by atoms with E-state index >= 15 is 0 Å². The van der Waals surface area contributed by atoms with E-state index in [1.807, 2.05) is 48.5 Å². The molecule has 0 spiro atoms. The van der Waals surface area contributed by atoms with Crippen LogP contribution in [-0.2, 0) is 0 Å². The van der Waals surface area contributed by atoms with E-state index in [2.05, 4.69) is 18.8 Å². The molecule has 3 aromatic carbocycles. The summed E-state index contributed by atoms with van der Waals surface area (Å²) in [5.74, 6) is 1.11. The number of hydrogen-bond donors (Lipinski definition) is 1. The molecule has 1 N–H and O–H groups in total. The highest BCUT2D eigenvalue weighted by Gasteiger charge is 2.17. The zero-order valence-corrected chi connectivity index (χ0v) is 14.7. The van der Waals surface area contributed by atoms with Gasteiger partial charge in [-0.25, -0.2) is 9.97 Å². The van der Waals surface area contributed by atoms with Crippen LogP contribution in [-0.4, -0.2) is 15.1 Å². The summed E-state index contributed by atoms with van der Waals surface area (Å²) in [5.41, 5.74) is 2.25. The lowest BCUT2D eigenvalue weighted by atomic mass is 9.98. The zero-order chi connectivity index (χ0) is 17.6. The maximum Gasteiger partial charge on any atom is 0.132 e. The predicted octanol–water partition coefficient (Wildman–Crippen LogP) is 5.93. The Bertz CT molecular complexity index is 1110. The van der Waals surface area contributed by atoms with Gasteiger partial charge in [0.15, 0.2) is 0 Å². The second-order valence-corrected chi connectivity index (χ2v) is 6.86. The normalized spacial score (nSPS) is 11.5. The first-order valence-electron chi connectivity index (χ1n) is 8.23. The van der Waals surface area contributed by atoms with Gasteiger partial charge in [-0.05, 0) is 35.0 Å². The lowest BCUT2D eigenvalue weighted by Crippen LogP contribution is -2.01. The van der Waals surface area contributed by atoms with E-state index in [0.717, 1.165) is 38.8 Å². The molecule has 0 atom stereocenters. The van der Waals surface area contributed by atoms with Gasteiger partial charge in [0.1, 0.15) is 11.6 Å². The van der Waals surface area contributed by atoms with Crippen LogP contribution in [0.15, 0.2) is 54.6 Å². The van der Waals surface area contributed by atoms with Crippen molar-refractivity contribution in [2.24, 2.45) is 0 Å². The second-order valence-electron chi connectivity index (χ2n) is 6.43. The summed E-state index contributed by atoms with van der Waals surface area (Å²) >= 11 is 6.17. The molecule has 0 amide bonds. The van der Waals surface area contributed by atoms with Crippen molar-refractivity contribution in [3.63, 3.8) is 0 Å². The van der Waals surface area contributed by atoms with Crippen LogP contribution in [0, 0.1) is 0 Å². The first-order valence-corrected chi connectivity index (χ1v) is 8.60. The summed E-state index contributed by atoms with van der Waals surface area (Å²) in [6, 6.07) is 17.2. The lowest BCUT2D eigenvalue weighted by molar-refractivity contribution is 0.478. The molecule has 4 rings (SSSR count). The van der Waals surface area contributed by atoms with Crippen molar-refractivity contribution in [1.82, 2.24) is 9.97 Å². The topological polar surface area (TPSA) is 46.0 Å². The van der Waals surface area contributed by atoms with Gasteiger partial charge in [0, 0.05) is 16.3 Å². The van der Waals surface area contributed by atoms with Gasteiger partial charge in [-0.1, -0.05) is 55.8 Å². The molecule has 124 valence electrons. The van der Waals surface area contributed by atoms with Gasteiger partial charge in [-0.2, -0.15) is 0 Å². The van der Waals surface area contributed by atoms with Crippen molar-refractivity contribution in [3.8, 4) is 17.0 Å². The van der Waals surface area contributed by atoms with Crippen LogP contribution in [0.25, 0.3) is 32.9 Å². The Hall–Kier alpha value is -2.65. The standard InChI is InChI=1S/C21H17ClN2O/c1-12(2)21-23-17-11-14(22)8-9-16(17)20(24-21)19-15-6-4-3-5-13(15)7-10-18(19)25/h3-12,25H,1-2H3. The van der Waals surface area contributed by atoms with Crippen molar-refractivity contribution in [3.05, 3.63) is 65.4 Å². The van der Waals surface area contributed by atoms with Crippen molar-refractivity contribution >= 4 is 33.3 Å². The zero-order valence-electron chi connectivity index (χ0n) is 14.0. The van der Waals surface area contributed by atoms with Gasteiger partial charge in [0.2, 0.25) is 0 Å². The Kier molecular flexibility index (Phi) is 3.81. The molecule has 0 saturated carbocycles. The molecule has 0 unspecified atom stereocenters. The number of phenols is 1. The molecule has 0 aliphatic heterocycles. The molecule has 0 saturated heterocycles. The molecule has 3 nitrogen and oxygen atoms in total. The maximum absolute atomic E-state index is 10.6. The molecule has 0 radical (unpaired) electrons. The fourth-order valence-electron chi connectivity index (χ4n) is 3.08. The molecule has 0 fully saturated rings. The Morgan fingerprint density at radius 1 is 0.920 bits per heavy atom. The molecule has 0 aliphatic rings. The number of aromatic hydroxyl groups is 1. The first kappa shape index (κ1) is 15.9. The molecule has 0 aliphatic carbocycles. The van der Waals surface area contributed by atoms with Crippen LogP contribution in [0.2, 0.25) is 5.02 Å². The fraction of sp³-hybridized carbons (Fsp3) is 0.143. The lowest BCUT2D eigenvalue weighted by Gasteiger charge is -2.14. The quantitative estimate of drug-likeness (QED) is 0.488. The number of aromatic nitrogens is 2. The van der Waals surface area contributed by atoms with Crippen molar-refractivity contribution in [2.75, 3.05) is 0 Å². The van der Waals surface area contributed by atoms with Crippen molar-refractivity contribution in [1.29, 1.82) is 0 Å². The monoisotopic (exact) mass is 348 g/mol. The number of halogens is 1. The van der Waals surface area contributed by atoms with E-state index in [0.29, 0.717) is 5.02 Å². The molecule has 25 heavy (non-hydrogen) atoms. The van der Waals surface area contributed by atoms with E-state index in [-0.39, 0.29) is 11.7 Å². The number of phenolic OH excluding ortho intramolecular Hbond substituents is 1. The molecular weight excluding hydrogens is 332 g/mol. The SMILES string of the molecule is CC(C)c1nc(-c2c(O)ccc3ccccc23)c2ccc(Cl)cc2n1. The molecular formula is C21H17ClN2O. The molecule has 4 aromatic rings. The van der Waals surface area contributed by atoms with E-state index < -0.39 is 0 Å². The number of benzene rings is 3. The smallest absolute Gasteiger partial charge is 0.132 e. The minimum Gasteiger partial charge on any atom is -0.507 e. The maximum atomic E-state index is 10.6. The second kappa shape index (κ2) is 6.01. The Balaban J connectivity index is 2.16. The largest absolute Gasteiger partial charge is 0.507 e. The minimum absolute atomic E-state index is 0.166. The van der Waals surface area contributed by atoms with Crippen LogP contribution in [0.3, 0.4) is 0 Å². The third-order valence-electron chi connectivity index (χ3n) is 4.34. The number of hydrogen-bond acceptors (Lipinski definition) is 3. The third-order valence-corrected chi connectivity index (χ3v) is 4.57. The van der Waals surface area contributed by atoms with Crippen molar-refractivity contribution in [2.45, 2.75) is 19.8 Å². The summed E-state index contributed by atoms with van der Waals surface area (Å²) < 4.78 is 0. The van der Waals surface area contributed by atoms with Crippen LogP contribution >= 0.6 is 11.6 Å². The highest BCUT2D eigenvalue weighted by molar-refractivity contribution is 6.31. The number of rotatable bonds is 2. The van der Waals surface area contributed by atoms with E-state index in [1.54, 1.807) is 6.07 Å². The van der Waals surface area contributed by atoms with Crippen LogP contribution < -0.4 is 0 Å². The molecule has 4 heteroatoms.